The summed E-state index contributed by atoms with van der Waals surface area (Å²) < 4.78 is 16.8. The minimum absolute atomic E-state index is 0.340. The molecule has 3 aromatic rings. The lowest BCUT2D eigenvalue weighted by atomic mass is 9.98. The van der Waals surface area contributed by atoms with Gasteiger partial charge in [-0.05, 0) is 56.9 Å². The number of nitrogens with zero attached hydrogens (tertiary/aromatic N) is 2. The Bertz CT molecular complexity index is 1010. The fraction of sp³-hybridized carbons (Fsp3) is 0.360. The van der Waals surface area contributed by atoms with Crippen molar-refractivity contribution < 1.29 is 14.2 Å². The molecule has 0 saturated heterocycles. The van der Waals surface area contributed by atoms with E-state index in [1.165, 1.54) is 19.3 Å². The van der Waals surface area contributed by atoms with Crippen molar-refractivity contribution in [3.05, 3.63) is 54.2 Å². The maximum atomic E-state index is 6.11. The third-order valence-corrected chi connectivity index (χ3v) is 5.55. The Morgan fingerprint density at radius 1 is 0.812 bits per heavy atom. The van der Waals surface area contributed by atoms with Gasteiger partial charge >= 0.3 is 0 Å². The van der Waals surface area contributed by atoms with Crippen molar-refractivity contribution in [3.63, 3.8) is 0 Å². The first kappa shape index (κ1) is 21.7. The maximum absolute atomic E-state index is 6.11. The van der Waals surface area contributed by atoms with Crippen LogP contribution in [0, 0.1) is 6.92 Å². The molecule has 7 nitrogen and oxygen atoms in total. The lowest BCUT2D eigenvalue weighted by Gasteiger charge is -2.23. The molecule has 168 valence electrons. The van der Waals surface area contributed by atoms with Gasteiger partial charge in [0.05, 0.1) is 20.3 Å². The van der Waals surface area contributed by atoms with Crippen LogP contribution >= 0.6 is 0 Å². The fourth-order valence-corrected chi connectivity index (χ4v) is 3.77. The smallest absolute Gasteiger partial charge is 0.229 e. The highest BCUT2D eigenvalue weighted by molar-refractivity contribution is 5.65. The Morgan fingerprint density at radius 2 is 1.50 bits per heavy atom. The Hall–Kier alpha value is -3.48. The molecule has 1 fully saturated rings. The second-order valence-corrected chi connectivity index (χ2v) is 7.98. The Morgan fingerprint density at radius 3 is 2.16 bits per heavy atom. The van der Waals surface area contributed by atoms with E-state index in [2.05, 4.69) is 20.6 Å². The van der Waals surface area contributed by atoms with Crippen molar-refractivity contribution in [3.8, 4) is 17.2 Å². The van der Waals surface area contributed by atoms with Crippen LogP contribution in [-0.2, 0) is 0 Å². The molecular formula is C25H30N4O3. The number of methoxy groups -OCH3 is 2. The van der Waals surface area contributed by atoms with Gasteiger partial charge in [-0.3, -0.25) is 0 Å². The summed E-state index contributed by atoms with van der Waals surface area (Å²) >= 11 is 0. The van der Waals surface area contributed by atoms with E-state index in [1.807, 2.05) is 49.4 Å². The predicted octanol–water partition coefficient (Wildman–Crippen LogP) is 6.00. The first-order valence-corrected chi connectivity index (χ1v) is 11.0. The SMILES string of the molecule is COc1cc(Nc2nc(Nc3ccc(OC4CCCCC4)cc3)ncc2C)cc(OC)c1. The van der Waals surface area contributed by atoms with Crippen LogP contribution in [0.15, 0.2) is 48.7 Å². The van der Waals surface area contributed by atoms with Gasteiger partial charge in [-0.15, -0.1) is 0 Å². The van der Waals surface area contributed by atoms with E-state index < -0.39 is 0 Å². The molecule has 1 saturated carbocycles. The average Bonchev–Trinajstić information content (AvgIpc) is 2.83. The first-order chi connectivity index (χ1) is 15.6. The van der Waals surface area contributed by atoms with Gasteiger partial charge in [0, 0.05) is 41.3 Å². The predicted molar refractivity (Wildman–Crippen MR) is 127 cm³/mol. The van der Waals surface area contributed by atoms with Gasteiger partial charge < -0.3 is 24.8 Å². The lowest BCUT2D eigenvalue weighted by molar-refractivity contribution is 0.155. The van der Waals surface area contributed by atoms with E-state index in [1.54, 1.807) is 20.4 Å². The molecular weight excluding hydrogens is 404 g/mol. The average molecular weight is 435 g/mol. The summed E-state index contributed by atoms with van der Waals surface area (Å²) in [5.74, 6) is 3.52. The molecule has 1 heterocycles. The summed E-state index contributed by atoms with van der Waals surface area (Å²) in [4.78, 5) is 9.06. The summed E-state index contributed by atoms with van der Waals surface area (Å²) in [6.45, 7) is 1.96. The van der Waals surface area contributed by atoms with Gasteiger partial charge in [0.2, 0.25) is 5.95 Å². The molecule has 2 N–H and O–H groups in total. The molecule has 0 amide bonds. The number of aryl methyl sites for hydroxylation is 1. The quantitative estimate of drug-likeness (QED) is 0.450. The number of hydrogen-bond donors (Lipinski definition) is 2. The number of nitrogens with one attached hydrogen (secondary N) is 2. The molecule has 7 heteroatoms. The lowest BCUT2D eigenvalue weighted by Crippen LogP contribution is -2.19. The van der Waals surface area contributed by atoms with Gasteiger partial charge in [-0.1, -0.05) is 6.42 Å². The van der Waals surface area contributed by atoms with E-state index in [4.69, 9.17) is 14.2 Å². The van der Waals surface area contributed by atoms with Crippen LogP contribution in [0.3, 0.4) is 0 Å². The van der Waals surface area contributed by atoms with E-state index in [0.717, 1.165) is 35.5 Å². The molecule has 0 unspecified atom stereocenters. The Kier molecular flexibility index (Phi) is 6.94. The highest BCUT2D eigenvalue weighted by Gasteiger charge is 2.14. The number of rotatable bonds is 8. The molecule has 1 aliphatic carbocycles. The van der Waals surface area contributed by atoms with Crippen LogP contribution in [0.1, 0.15) is 37.7 Å². The summed E-state index contributed by atoms with van der Waals surface area (Å²) in [5.41, 5.74) is 2.64. The van der Waals surface area contributed by atoms with Crippen LogP contribution in [0.5, 0.6) is 17.2 Å². The normalized spacial score (nSPS) is 14.0. The molecule has 0 aliphatic heterocycles. The summed E-state index contributed by atoms with van der Waals surface area (Å²) in [6.07, 6.45) is 8.25. The maximum Gasteiger partial charge on any atom is 0.229 e. The number of anilines is 4. The Labute approximate surface area is 189 Å². The second kappa shape index (κ2) is 10.2. The van der Waals surface area contributed by atoms with Crippen LogP contribution < -0.4 is 24.8 Å². The van der Waals surface area contributed by atoms with E-state index in [0.29, 0.717) is 29.4 Å². The Balaban J connectivity index is 1.44. The van der Waals surface area contributed by atoms with E-state index >= 15 is 0 Å². The topological polar surface area (TPSA) is 77.5 Å². The third kappa shape index (κ3) is 5.60. The molecule has 0 radical (unpaired) electrons. The zero-order valence-electron chi connectivity index (χ0n) is 18.9. The number of ether oxygens (including phenoxy) is 3. The number of hydrogen-bond acceptors (Lipinski definition) is 7. The van der Waals surface area contributed by atoms with E-state index in [9.17, 15) is 0 Å². The molecule has 4 rings (SSSR count). The zero-order chi connectivity index (χ0) is 22.3. The monoisotopic (exact) mass is 434 g/mol. The van der Waals surface area contributed by atoms with Crippen molar-refractivity contribution in [1.29, 1.82) is 0 Å². The van der Waals surface area contributed by atoms with Gasteiger partial charge in [0.15, 0.2) is 0 Å². The largest absolute Gasteiger partial charge is 0.497 e. The zero-order valence-corrected chi connectivity index (χ0v) is 18.9. The summed E-state index contributed by atoms with van der Waals surface area (Å²) in [5, 5.41) is 6.60. The standard InChI is InChI=1S/C25H30N4O3/c1-17-16-26-25(29-24(17)27-19-13-22(30-2)15-23(14-19)31-3)28-18-9-11-21(12-10-18)32-20-7-5-4-6-8-20/h9-16,20H,4-8H2,1-3H3,(H2,26,27,28,29). The first-order valence-electron chi connectivity index (χ1n) is 11.0. The van der Waals surface area contributed by atoms with Gasteiger partial charge in [-0.2, -0.15) is 4.98 Å². The van der Waals surface area contributed by atoms with Gasteiger partial charge in [0.25, 0.3) is 0 Å². The molecule has 1 aromatic heterocycles. The number of benzene rings is 2. The molecule has 1 aliphatic rings. The summed E-state index contributed by atoms with van der Waals surface area (Å²) in [7, 11) is 3.25. The molecule has 32 heavy (non-hydrogen) atoms. The highest BCUT2D eigenvalue weighted by Crippen LogP contribution is 2.29. The van der Waals surface area contributed by atoms with Crippen molar-refractivity contribution in [2.45, 2.75) is 45.1 Å². The molecule has 2 aromatic carbocycles. The number of aromatic nitrogens is 2. The third-order valence-electron chi connectivity index (χ3n) is 5.55. The van der Waals surface area contributed by atoms with Crippen LogP contribution in [0.4, 0.5) is 23.1 Å². The van der Waals surface area contributed by atoms with Crippen molar-refractivity contribution in [1.82, 2.24) is 9.97 Å². The second-order valence-electron chi connectivity index (χ2n) is 7.98. The minimum atomic E-state index is 0.340. The van der Waals surface area contributed by atoms with Crippen LogP contribution in [-0.4, -0.2) is 30.3 Å². The van der Waals surface area contributed by atoms with Crippen molar-refractivity contribution in [2.24, 2.45) is 0 Å². The van der Waals surface area contributed by atoms with Gasteiger partial charge in [0.1, 0.15) is 23.1 Å². The van der Waals surface area contributed by atoms with Crippen molar-refractivity contribution in [2.75, 3.05) is 24.9 Å². The molecule has 0 spiro atoms. The van der Waals surface area contributed by atoms with Gasteiger partial charge in [-0.25, -0.2) is 4.98 Å². The van der Waals surface area contributed by atoms with Crippen molar-refractivity contribution >= 4 is 23.1 Å². The highest BCUT2D eigenvalue weighted by atomic mass is 16.5. The van der Waals surface area contributed by atoms with E-state index in [-0.39, 0.29) is 0 Å². The molecule has 0 atom stereocenters. The van der Waals surface area contributed by atoms with Crippen LogP contribution in [0.2, 0.25) is 0 Å². The molecule has 0 bridgehead atoms. The summed E-state index contributed by atoms with van der Waals surface area (Å²) in [6, 6.07) is 13.6. The minimum Gasteiger partial charge on any atom is -0.497 e. The van der Waals surface area contributed by atoms with Crippen LogP contribution in [0.25, 0.3) is 0 Å². The fourth-order valence-electron chi connectivity index (χ4n) is 3.77.